The predicted molar refractivity (Wildman–Crippen MR) is 56.5 cm³/mol. The topological polar surface area (TPSA) is 52.5 Å². The van der Waals surface area contributed by atoms with E-state index in [4.69, 9.17) is 0 Å². The van der Waals surface area contributed by atoms with E-state index in [1.165, 1.54) is 17.5 Å². The van der Waals surface area contributed by atoms with Gasteiger partial charge < -0.3 is 10.2 Å². The average molecular weight is 211 g/mol. The molecule has 1 aliphatic heterocycles. The standard InChI is InChI=1S/C10H13NO2S/c12-8-6-9(14-11-10(8)13)7-4-2-1-3-5-7/h1-5,8-13H,6H2. The van der Waals surface area contributed by atoms with Crippen molar-refractivity contribution < 1.29 is 10.2 Å². The van der Waals surface area contributed by atoms with Crippen molar-refractivity contribution in [1.29, 1.82) is 0 Å². The van der Waals surface area contributed by atoms with Gasteiger partial charge in [0, 0.05) is 5.25 Å². The van der Waals surface area contributed by atoms with Crippen LogP contribution in [0.2, 0.25) is 0 Å². The van der Waals surface area contributed by atoms with Gasteiger partial charge in [0.15, 0.2) is 0 Å². The summed E-state index contributed by atoms with van der Waals surface area (Å²) in [6.07, 6.45) is -0.899. The van der Waals surface area contributed by atoms with E-state index in [1.807, 2.05) is 30.3 Å². The molecule has 76 valence electrons. The largest absolute Gasteiger partial charge is 0.389 e. The monoisotopic (exact) mass is 211 g/mol. The lowest BCUT2D eigenvalue weighted by molar-refractivity contribution is 0.00418. The Balaban J connectivity index is 2.07. The van der Waals surface area contributed by atoms with E-state index >= 15 is 0 Å². The molecule has 4 heteroatoms. The molecule has 1 aromatic carbocycles. The maximum atomic E-state index is 9.48. The van der Waals surface area contributed by atoms with Crippen molar-refractivity contribution in [1.82, 2.24) is 4.72 Å². The van der Waals surface area contributed by atoms with E-state index in [1.54, 1.807) is 0 Å². The van der Waals surface area contributed by atoms with Crippen molar-refractivity contribution >= 4 is 11.9 Å². The summed E-state index contributed by atoms with van der Waals surface area (Å²) in [5.74, 6) is 0. The smallest absolute Gasteiger partial charge is 0.139 e. The van der Waals surface area contributed by atoms with Crippen LogP contribution in [0.5, 0.6) is 0 Å². The number of hydrogen-bond donors (Lipinski definition) is 3. The second-order valence-electron chi connectivity index (χ2n) is 3.38. The molecule has 3 unspecified atom stereocenters. The minimum Gasteiger partial charge on any atom is -0.389 e. The maximum absolute atomic E-state index is 9.48. The van der Waals surface area contributed by atoms with Crippen LogP contribution in [0.3, 0.4) is 0 Å². The van der Waals surface area contributed by atoms with Gasteiger partial charge in [-0.25, -0.2) is 4.72 Å². The number of aliphatic hydroxyl groups excluding tert-OH is 2. The number of nitrogens with one attached hydrogen (secondary N) is 1. The summed E-state index contributed by atoms with van der Waals surface area (Å²) in [5, 5.41) is 19.0. The Hall–Kier alpha value is -0.550. The van der Waals surface area contributed by atoms with Crippen molar-refractivity contribution in [2.45, 2.75) is 24.0 Å². The molecule has 3 atom stereocenters. The first-order valence-electron chi connectivity index (χ1n) is 4.59. The van der Waals surface area contributed by atoms with E-state index < -0.39 is 12.3 Å². The highest BCUT2D eigenvalue weighted by atomic mass is 32.2. The average Bonchev–Trinajstić information content (AvgIpc) is 2.23. The Kier molecular flexibility index (Phi) is 3.08. The van der Waals surface area contributed by atoms with Crippen LogP contribution in [0.25, 0.3) is 0 Å². The number of hydrogen-bond acceptors (Lipinski definition) is 4. The molecule has 1 aliphatic rings. The van der Waals surface area contributed by atoms with Gasteiger partial charge in [-0.3, -0.25) is 0 Å². The zero-order valence-electron chi connectivity index (χ0n) is 7.63. The van der Waals surface area contributed by atoms with Crippen LogP contribution < -0.4 is 4.72 Å². The van der Waals surface area contributed by atoms with Gasteiger partial charge in [-0.1, -0.05) is 42.3 Å². The molecule has 3 N–H and O–H groups in total. The quantitative estimate of drug-likeness (QED) is 0.608. The third kappa shape index (κ3) is 2.09. The van der Waals surface area contributed by atoms with Crippen molar-refractivity contribution in [3.63, 3.8) is 0 Å². The van der Waals surface area contributed by atoms with E-state index in [9.17, 15) is 10.2 Å². The minimum atomic E-state index is -0.806. The first-order chi connectivity index (χ1) is 6.77. The summed E-state index contributed by atoms with van der Waals surface area (Å²) < 4.78 is 2.80. The zero-order valence-corrected chi connectivity index (χ0v) is 8.45. The lowest BCUT2D eigenvalue weighted by Crippen LogP contribution is -2.41. The molecule has 2 rings (SSSR count). The van der Waals surface area contributed by atoms with Crippen LogP contribution in [0, 0.1) is 0 Å². The van der Waals surface area contributed by atoms with Crippen LogP contribution in [-0.4, -0.2) is 22.5 Å². The highest BCUT2D eigenvalue weighted by molar-refractivity contribution is 7.97. The van der Waals surface area contributed by atoms with Gasteiger partial charge in [-0.2, -0.15) is 0 Å². The molecule has 0 saturated carbocycles. The number of benzene rings is 1. The third-order valence-corrected chi connectivity index (χ3v) is 3.45. The van der Waals surface area contributed by atoms with Crippen molar-refractivity contribution in [3.05, 3.63) is 35.9 Å². The zero-order chi connectivity index (χ0) is 9.97. The molecule has 1 aromatic rings. The van der Waals surface area contributed by atoms with Gasteiger partial charge in [0.2, 0.25) is 0 Å². The highest BCUT2D eigenvalue weighted by Crippen LogP contribution is 2.35. The molecule has 0 aliphatic carbocycles. The van der Waals surface area contributed by atoms with Gasteiger partial charge in [0.1, 0.15) is 6.23 Å². The van der Waals surface area contributed by atoms with Crippen molar-refractivity contribution in [3.8, 4) is 0 Å². The van der Waals surface area contributed by atoms with Crippen molar-refractivity contribution in [2.75, 3.05) is 0 Å². The Morgan fingerprint density at radius 2 is 1.93 bits per heavy atom. The fourth-order valence-corrected chi connectivity index (χ4v) is 2.55. The molecule has 14 heavy (non-hydrogen) atoms. The maximum Gasteiger partial charge on any atom is 0.139 e. The molecule has 0 aromatic heterocycles. The van der Waals surface area contributed by atoms with E-state index in [0.29, 0.717) is 6.42 Å². The molecule has 3 nitrogen and oxygen atoms in total. The lowest BCUT2D eigenvalue weighted by atomic mass is 10.1. The fraction of sp³-hybridized carbons (Fsp3) is 0.400. The predicted octanol–water partition coefficient (Wildman–Crippen LogP) is 1.05. The minimum absolute atomic E-state index is 0.217. The SMILES string of the molecule is OC1CC(c2ccccc2)SNC1O. The molecular weight excluding hydrogens is 198 g/mol. The van der Waals surface area contributed by atoms with Gasteiger partial charge in [-0.15, -0.1) is 0 Å². The summed E-state index contributed by atoms with van der Waals surface area (Å²) >= 11 is 1.47. The first kappa shape index (κ1) is 9.98. The summed E-state index contributed by atoms with van der Waals surface area (Å²) in [7, 11) is 0. The third-order valence-electron chi connectivity index (χ3n) is 2.32. The second-order valence-corrected chi connectivity index (χ2v) is 4.42. The molecule has 0 spiro atoms. The van der Waals surface area contributed by atoms with Crippen LogP contribution >= 0.6 is 11.9 Å². The normalized spacial score (nSPS) is 32.9. The Labute approximate surface area is 87.3 Å². The Morgan fingerprint density at radius 1 is 1.21 bits per heavy atom. The lowest BCUT2D eigenvalue weighted by Gasteiger charge is -2.30. The molecule has 1 fully saturated rings. The van der Waals surface area contributed by atoms with E-state index in [2.05, 4.69) is 4.72 Å². The van der Waals surface area contributed by atoms with Crippen LogP contribution in [0.1, 0.15) is 17.2 Å². The van der Waals surface area contributed by atoms with Gasteiger partial charge in [0.05, 0.1) is 6.10 Å². The van der Waals surface area contributed by atoms with Crippen LogP contribution in [0.15, 0.2) is 30.3 Å². The highest BCUT2D eigenvalue weighted by Gasteiger charge is 2.28. The molecule has 0 radical (unpaired) electrons. The summed E-state index contributed by atoms with van der Waals surface area (Å²) in [4.78, 5) is 0. The molecule has 0 bridgehead atoms. The second kappa shape index (κ2) is 4.31. The summed E-state index contributed by atoms with van der Waals surface area (Å²) in [5.41, 5.74) is 1.18. The van der Waals surface area contributed by atoms with Gasteiger partial charge >= 0.3 is 0 Å². The summed E-state index contributed by atoms with van der Waals surface area (Å²) in [6.45, 7) is 0. The first-order valence-corrected chi connectivity index (χ1v) is 5.47. The Morgan fingerprint density at radius 3 is 2.57 bits per heavy atom. The summed E-state index contributed by atoms with van der Waals surface area (Å²) in [6, 6.07) is 9.99. The fourth-order valence-electron chi connectivity index (χ4n) is 1.50. The van der Waals surface area contributed by atoms with Gasteiger partial charge in [-0.05, 0) is 12.0 Å². The van der Waals surface area contributed by atoms with Crippen LogP contribution in [-0.2, 0) is 0 Å². The molecule has 0 amide bonds. The number of aliphatic hydroxyl groups is 2. The molecule has 1 saturated heterocycles. The van der Waals surface area contributed by atoms with Crippen molar-refractivity contribution in [2.24, 2.45) is 0 Å². The van der Waals surface area contributed by atoms with Crippen LogP contribution in [0.4, 0.5) is 0 Å². The molecule has 1 heterocycles. The Bertz CT molecular complexity index is 293. The molecular formula is C10H13NO2S. The number of rotatable bonds is 1. The van der Waals surface area contributed by atoms with E-state index in [-0.39, 0.29) is 5.25 Å². The van der Waals surface area contributed by atoms with E-state index in [0.717, 1.165) is 0 Å². The van der Waals surface area contributed by atoms with Gasteiger partial charge in [0.25, 0.3) is 0 Å².